The van der Waals surface area contributed by atoms with Crippen LogP contribution in [0.15, 0.2) is 35.2 Å². The molecule has 1 aromatic heterocycles. The van der Waals surface area contributed by atoms with E-state index in [0.717, 1.165) is 11.4 Å². The number of nitrogens with one attached hydrogen (secondary N) is 2. The largest absolute Gasteiger partial charge is 0.497 e. The highest BCUT2D eigenvalue weighted by Crippen LogP contribution is 2.29. The van der Waals surface area contributed by atoms with Gasteiger partial charge in [-0.3, -0.25) is 9.59 Å². The number of amides is 2. The van der Waals surface area contributed by atoms with Gasteiger partial charge in [0.2, 0.25) is 5.91 Å². The lowest BCUT2D eigenvalue weighted by Crippen LogP contribution is -2.58. The molecule has 7 nitrogen and oxygen atoms in total. The van der Waals surface area contributed by atoms with Crippen LogP contribution in [0, 0.1) is 0 Å². The molecule has 1 fully saturated rings. The van der Waals surface area contributed by atoms with Crippen LogP contribution in [0.4, 0.5) is 5.69 Å². The summed E-state index contributed by atoms with van der Waals surface area (Å²) in [5, 5.41) is 7.87. The van der Waals surface area contributed by atoms with Crippen molar-refractivity contribution in [2.45, 2.75) is 18.4 Å². The standard InChI is InChI=1S/C18H22N4O3S/c1-19-17(24)18(21-13-4-3-5-14(10-13)25-2)6-8-22(9-7-18)16(23)15-11-26-12-20-15/h3-5,10-12,21H,6-9H2,1-2H3,(H,19,24). The molecule has 26 heavy (non-hydrogen) atoms. The maximum Gasteiger partial charge on any atom is 0.273 e. The molecule has 0 unspecified atom stereocenters. The first-order chi connectivity index (χ1) is 12.6. The highest BCUT2D eigenvalue weighted by molar-refractivity contribution is 7.07. The van der Waals surface area contributed by atoms with Crippen molar-refractivity contribution in [3.05, 3.63) is 40.8 Å². The number of nitrogens with zero attached hydrogens (tertiary/aromatic N) is 2. The monoisotopic (exact) mass is 374 g/mol. The fraction of sp³-hybridized carbons (Fsp3) is 0.389. The fourth-order valence-corrected chi connectivity index (χ4v) is 3.72. The van der Waals surface area contributed by atoms with Crippen LogP contribution in [0.3, 0.4) is 0 Å². The molecular weight excluding hydrogens is 352 g/mol. The van der Waals surface area contributed by atoms with E-state index in [0.29, 0.717) is 31.6 Å². The highest BCUT2D eigenvalue weighted by Gasteiger charge is 2.42. The van der Waals surface area contributed by atoms with E-state index < -0.39 is 5.54 Å². The lowest BCUT2D eigenvalue weighted by atomic mass is 9.85. The van der Waals surface area contributed by atoms with Gasteiger partial charge < -0.3 is 20.3 Å². The smallest absolute Gasteiger partial charge is 0.273 e. The van der Waals surface area contributed by atoms with E-state index in [9.17, 15) is 9.59 Å². The molecule has 0 bridgehead atoms. The van der Waals surface area contributed by atoms with Gasteiger partial charge in [-0.25, -0.2) is 4.98 Å². The summed E-state index contributed by atoms with van der Waals surface area (Å²) < 4.78 is 5.25. The Balaban J connectivity index is 1.75. The van der Waals surface area contributed by atoms with Gasteiger partial charge in [0.15, 0.2) is 0 Å². The summed E-state index contributed by atoms with van der Waals surface area (Å²) >= 11 is 1.40. The van der Waals surface area contributed by atoms with Crippen molar-refractivity contribution in [3.63, 3.8) is 0 Å². The Morgan fingerprint density at radius 3 is 2.69 bits per heavy atom. The zero-order chi connectivity index (χ0) is 18.6. The minimum absolute atomic E-state index is 0.0823. The summed E-state index contributed by atoms with van der Waals surface area (Å²) in [6.07, 6.45) is 1.03. The Kier molecular flexibility index (Phi) is 5.41. The Morgan fingerprint density at radius 1 is 1.31 bits per heavy atom. The highest BCUT2D eigenvalue weighted by atomic mass is 32.1. The maximum absolute atomic E-state index is 12.6. The first-order valence-electron chi connectivity index (χ1n) is 8.40. The van der Waals surface area contributed by atoms with E-state index in [1.165, 1.54) is 11.3 Å². The third-order valence-corrected chi connectivity index (χ3v) is 5.26. The first kappa shape index (κ1) is 18.2. The third kappa shape index (κ3) is 3.65. The van der Waals surface area contributed by atoms with Crippen molar-refractivity contribution in [2.75, 3.05) is 32.6 Å². The van der Waals surface area contributed by atoms with Crippen LogP contribution >= 0.6 is 11.3 Å². The zero-order valence-electron chi connectivity index (χ0n) is 14.8. The summed E-state index contributed by atoms with van der Waals surface area (Å²) in [7, 11) is 3.24. The number of benzene rings is 1. The molecule has 1 aromatic carbocycles. The van der Waals surface area contributed by atoms with Gasteiger partial charge in [-0.05, 0) is 25.0 Å². The summed E-state index contributed by atoms with van der Waals surface area (Å²) in [6, 6.07) is 7.49. The maximum atomic E-state index is 12.6. The molecule has 0 saturated carbocycles. The van der Waals surface area contributed by atoms with E-state index in [-0.39, 0.29) is 11.8 Å². The molecule has 1 saturated heterocycles. The molecule has 0 spiro atoms. The van der Waals surface area contributed by atoms with Crippen LogP contribution in [-0.2, 0) is 4.79 Å². The molecule has 138 valence electrons. The van der Waals surface area contributed by atoms with Crippen LogP contribution in [0.2, 0.25) is 0 Å². The van der Waals surface area contributed by atoms with Gasteiger partial charge in [0, 0.05) is 37.3 Å². The Bertz CT molecular complexity index is 771. The number of methoxy groups -OCH3 is 1. The molecular formula is C18H22N4O3S. The van der Waals surface area contributed by atoms with Crippen molar-refractivity contribution in [1.82, 2.24) is 15.2 Å². The van der Waals surface area contributed by atoms with Gasteiger partial charge >= 0.3 is 0 Å². The molecule has 2 amide bonds. The molecule has 2 heterocycles. The fourth-order valence-electron chi connectivity index (χ4n) is 3.20. The lowest BCUT2D eigenvalue weighted by molar-refractivity contribution is -0.126. The van der Waals surface area contributed by atoms with Crippen LogP contribution < -0.4 is 15.4 Å². The minimum atomic E-state index is -0.764. The predicted octanol–water partition coefficient (Wildman–Crippen LogP) is 1.98. The molecule has 0 aliphatic carbocycles. The average molecular weight is 374 g/mol. The lowest BCUT2D eigenvalue weighted by Gasteiger charge is -2.41. The Labute approximate surface area is 156 Å². The van der Waals surface area contributed by atoms with Crippen LogP contribution in [-0.4, -0.2) is 54.5 Å². The second-order valence-electron chi connectivity index (χ2n) is 6.18. The van der Waals surface area contributed by atoms with Gasteiger partial charge in [-0.2, -0.15) is 0 Å². The Morgan fingerprint density at radius 2 is 2.08 bits per heavy atom. The van der Waals surface area contributed by atoms with Gasteiger partial charge in [0.25, 0.3) is 5.91 Å². The van der Waals surface area contributed by atoms with E-state index in [4.69, 9.17) is 4.74 Å². The molecule has 1 aliphatic rings. The zero-order valence-corrected chi connectivity index (χ0v) is 15.6. The Hall–Kier alpha value is -2.61. The van der Waals surface area contributed by atoms with Crippen LogP contribution in [0.5, 0.6) is 5.75 Å². The second kappa shape index (κ2) is 7.74. The molecule has 1 aliphatic heterocycles. The summed E-state index contributed by atoms with van der Waals surface area (Å²) in [5.41, 5.74) is 2.16. The first-order valence-corrected chi connectivity index (χ1v) is 9.34. The summed E-state index contributed by atoms with van der Waals surface area (Å²) in [6.45, 7) is 0.974. The molecule has 8 heteroatoms. The number of hydrogen-bond donors (Lipinski definition) is 2. The quantitative estimate of drug-likeness (QED) is 0.836. The van der Waals surface area contributed by atoms with Crippen molar-refractivity contribution >= 4 is 28.8 Å². The number of hydrogen-bond acceptors (Lipinski definition) is 6. The number of anilines is 1. The third-order valence-electron chi connectivity index (χ3n) is 4.67. The van der Waals surface area contributed by atoms with Gasteiger partial charge in [0.1, 0.15) is 17.0 Å². The SMILES string of the molecule is CNC(=O)C1(Nc2cccc(OC)c2)CCN(C(=O)c2cscn2)CC1. The van der Waals surface area contributed by atoms with Crippen molar-refractivity contribution in [2.24, 2.45) is 0 Å². The number of thiazole rings is 1. The normalized spacial score (nSPS) is 16.0. The van der Waals surface area contributed by atoms with Gasteiger partial charge in [0.05, 0.1) is 12.6 Å². The number of piperidine rings is 1. The average Bonchev–Trinajstić information content (AvgIpc) is 3.22. The van der Waals surface area contributed by atoms with Gasteiger partial charge in [-0.1, -0.05) is 6.07 Å². The number of aromatic nitrogens is 1. The number of likely N-dealkylation sites (N-methyl/N-ethyl adjacent to an activating group) is 1. The molecule has 2 aromatic rings. The van der Waals surface area contributed by atoms with Crippen molar-refractivity contribution < 1.29 is 14.3 Å². The van der Waals surface area contributed by atoms with E-state index in [1.54, 1.807) is 29.9 Å². The van der Waals surface area contributed by atoms with Crippen molar-refractivity contribution in [3.8, 4) is 5.75 Å². The van der Waals surface area contributed by atoms with E-state index >= 15 is 0 Å². The number of carbonyl (C=O) groups is 2. The minimum Gasteiger partial charge on any atom is -0.497 e. The number of carbonyl (C=O) groups excluding carboxylic acids is 2. The molecule has 0 atom stereocenters. The number of ether oxygens (including phenoxy) is 1. The number of rotatable bonds is 5. The predicted molar refractivity (Wildman–Crippen MR) is 101 cm³/mol. The molecule has 2 N–H and O–H groups in total. The topological polar surface area (TPSA) is 83.6 Å². The van der Waals surface area contributed by atoms with E-state index in [1.807, 2.05) is 24.3 Å². The molecule has 3 rings (SSSR count). The van der Waals surface area contributed by atoms with Crippen LogP contribution in [0.25, 0.3) is 0 Å². The van der Waals surface area contributed by atoms with Gasteiger partial charge in [-0.15, -0.1) is 11.3 Å². The molecule has 0 radical (unpaired) electrons. The summed E-state index contributed by atoms with van der Waals surface area (Å²) in [4.78, 5) is 31.0. The number of likely N-dealkylation sites (tertiary alicyclic amines) is 1. The van der Waals surface area contributed by atoms with E-state index in [2.05, 4.69) is 15.6 Å². The van der Waals surface area contributed by atoms with Crippen LogP contribution in [0.1, 0.15) is 23.3 Å². The summed E-state index contributed by atoms with van der Waals surface area (Å²) in [5.74, 6) is 0.553. The second-order valence-corrected chi connectivity index (χ2v) is 6.90. The van der Waals surface area contributed by atoms with Crippen molar-refractivity contribution in [1.29, 1.82) is 0 Å².